The highest BCUT2D eigenvalue weighted by Gasteiger charge is 2.05. The number of urea groups is 1. The third-order valence-corrected chi connectivity index (χ3v) is 3.18. The monoisotopic (exact) mass is 337 g/mol. The molecule has 0 saturated carbocycles. The first kappa shape index (κ1) is 16.2. The molecular formula is C16H15N7O2. The number of nitrogens with one attached hydrogen (secondary N) is 2. The van der Waals surface area contributed by atoms with Crippen LogP contribution < -0.4 is 15.4 Å². The molecule has 3 rings (SSSR count). The van der Waals surface area contributed by atoms with Crippen LogP contribution in [-0.4, -0.2) is 38.1 Å². The first-order valence-electron chi connectivity index (χ1n) is 7.38. The molecule has 25 heavy (non-hydrogen) atoms. The van der Waals surface area contributed by atoms with E-state index in [4.69, 9.17) is 4.74 Å². The van der Waals surface area contributed by atoms with Gasteiger partial charge in [-0.25, -0.2) is 29.7 Å². The quantitative estimate of drug-likeness (QED) is 0.727. The average Bonchev–Trinajstić information content (AvgIpc) is 2.68. The second-order valence-corrected chi connectivity index (χ2v) is 4.86. The average molecular weight is 337 g/mol. The summed E-state index contributed by atoms with van der Waals surface area (Å²) >= 11 is 0. The van der Waals surface area contributed by atoms with E-state index in [9.17, 15) is 4.79 Å². The van der Waals surface area contributed by atoms with Crippen LogP contribution >= 0.6 is 0 Å². The van der Waals surface area contributed by atoms with Crippen LogP contribution in [0.2, 0.25) is 0 Å². The summed E-state index contributed by atoms with van der Waals surface area (Å²) in [5, 5.41) is 5.30. The molecule has 0 aliphatic carbocycles. The largest absolute Gasteiger partial charge is 0.467 e. The van der Waals surface area contributed by atoms with Crippen LogP contribution in [0.1, 0.15) is 5.82 Å². The smallest absolute Gasteiger partial charge is 0.320 e. The lowest BCUT2D eigenvalue weighted by atomic mass is 10.1. The molecule has 0 aliphatic heterocycles. The summed E-state index contributed by atoms with van der Waals surface area (Å²) in [4.78, 5) is 32.2. The molecule has 2 amide bonds. The Morgan fingerprint density at radius 2 is 1.72 bits per heavy atom. The van der Waals surface area contributed by atoms with Crippen LogP contribution in [0.4, 0.5) is 10.6 Å². The Bertz CT molecular complexity index is 823. The molecule has 0 atom stereocenters. The molecule has 0 aromatic carbocycles. The van der Waals surface area contributed by atoms with Crippen molar-refractivity contribution in [1.82, 2.24) is 30.2 Å². The predicted octanol–water partition coefficient (Wildman–Crippen LogP) is 1.66. The summed E-state index contributed by atoms with van der Waals surface area (Å²) in [6, 6.07) is 5.13. The fourth-order valence-corrected chi connectivity index (χ4v) is 1.95. The van der Waals surface area contributed by atoms with Gasteiger partial charge in [-0.3, -0.25) is 5.32 Å². The predicted molar refractivity (Wildman–Crippen MR) is 89.7 cm³/mol. The zero-order valence-electron chi connectivity index (χ0n) is 13.4. The van der Waals surface area contributed by atoms with Crippen molar-refractivity contribution in [3.8, 4) is 17.1 Å². The van der Waals surface area contributed by atoms with Crippen LogP contribution in [0.15, 0.2) is 49.2 Å². The van der Waals surface area contributed by atoms with Crippen molar-refractivity contribution in [2.45, 2.75) is 6.54 Å². The normalized spacial score (nSPS) is 10.1. The number of anilines is 1. The molecule has 0 saturated heterocycles. The lowest BCUT2D eigenvalue weighted by Crippen LogP contribution is -2.29. The Labute approximate surface area is 143 Å². The highest BCUT2D eigenvalue weighted by Crippen LogP contribution is 2.18. The first-order valence-corrected chi connectivity index (χ1v) is 7.38. The number of aromatic nitrogens is 5. The molecule has 0 fully saturated rings. The molecule has 0 radical (unpaired) electrons. The van der Waals surface area contributed by atoms with Crippen molar-refractivity contribution in [1.29, 1.82) is 0 Å². The number of pyridine rings is 1. The maximum absolute atomic E-state index is 11.9. The zero-order chi connectivity index (χ0) is 17.5. The van der Waals surface area contributed by atoms with Crippen LogP contribution in [0.3, 0.4) is 0 Å². The summed E-state index contributed by atoms with van der Waals surface area (Å²) in [5.74, 6) is 0.949. The molecule has 9 heteroatoms. The van der Waals surface area contributed by atoms with Crippen molar-refractivity contribution in [3.63, 3.8) is 0 Å². The molecule has 3 aromatic rings. The van der Waals surface area contributed by atoms with E-state index in [1.54, 1.807) is 43.1 Å². The molecule has 126 valence electrons. The van der Waals surface area contributed by atoms with Gasteiger partial charge >= 0.3 is 12.0 Å². The second-order valence-electron chi connectivity index (χ2n) is 4.86. The molecular weight excluding hydrogens is 322 g/mol. The van der Waals surface area contributed by atoms with Gasteiger partial charge in [-0.05, 0) is 18.2 Å². The summed E-state index contributed by atoms with van der Waals surface area (Å²) in [6.45, 7) is 0.230. The lowest BCUT2D eigenvalue weighted by Gasteiger charge is -2.07. The van der Waals surface area contributed by atoms with E-state index in [-0.39, 0.29) is 12.6 Å². The Morgan fingerprint density at radius 1 is 1.00 bits per heavy atom. The van der Waals surface area contributed by atoms with Gasteiger partial charge in [-0.15, -0.1) is 0 Å². The van der Waals surface area contributed by atoms with E-state index < -0.39 is 0 Å². The molecule has 0 aliphatic rings. The fourth-order valence-electron chi connectivity index (χ4n) is 1.95. The minimum absolute atomic E-state index is 0.230. The van der Waals surface area contributed by atoms with Gasteiger partial charge in [0.1, 0.15) is 11.6 Å². The van der Waals surface area contributed by atoms with Crippen molar-refractivity contribution >= 4 is 11.8 Å². The van der Waals surface area contributed by atoms with Gasteiger partial charge in [0.25, 0.3) is 0 Å². The molecule has 0 spiro atoms. The number of rotatable bonds is 5. The zero-order valence-corrected chi connectivity index (χ0v) is 13.4. The van der Waals surface area contributed by atoms with E-state index in [0.717, 1.165) is 11.1 Å². The van der Waals surface area contributed by atoms with Crippen LogP contribution in [0.25, 0.3) is 11.1 Å². The number of hydrogen-bond acceptors (Lipinski definition) is 7. The summed E-state index contributed by atoms with van der Waals surface area (Å²) in [6.07, 6.45) is 8.14. The molecule has 3 aromatic heterocycles. The molecule has 9 nitrogen and oxygen atoms in total. The van der Waals surface area contributed by atoms with Crippen molar-refractivity contribution in [2.75, 3.05) is 12.4 Å². The Balaban J connectivity index is 1.57. The van der Waals surface area contributed by atoms with Crippen LogP contribution in [0, 0.1) is 0 Å². The molecule has 0 unspecified atom stereocenters. The van der Waals surface area contributed by atoms with Gasteiger partial charge in [-0.1, -0.05) is 0 Å². The van der Waals surface area contributed by atoms with Crippen LogP contribution in [0.5, 0.6) is 6.01 Å². The Morgan fingerprint density at radius 3 is 2.36 bits per heavy atom. The highest BCUT2D eigenvalue weighted by atomic mass is 16.5. The van der Waals surface area contributed by atoms with Gasteiger partial charge < -0.3 is 10.1 Å². The first-order chi connectivity index (χ1) is 12.2. The Hall–Kier alpha value is -3.62. The second kappa shape index (κ2) is 7.77. The summed E-state index contributed by atoms with van der Waals surface area (Å²) in [7, 11) is 1.51. The van der Waals surface area contributed by atoms with E-state index in [2.05, 4.69) is 35.6 Å². The molecule has 3 heterocycles. The summed E-state index contributed by atoms with van der Waals surface area (Å²) < 4.78 is 4.92. The van der Waals surface area contributed by atoms with Crippen molar-refractivity contribution in [3.05, 3.63) is 55.0 Å². The van der Waals surface area contributed by atoms with Gasteiger partial charge in [0.15, 0.2) is 0 Å². The fraction of sp³-hybridized carbons (Fsp3) is 0.125. The van der Waals surface area contributed by atoms with Crippen molar-refractivity contribution in [2.24, 2.45) is 0 Å². The van der Waals surface area contributed by atoms with E-state index in [0.29, 0.717) is 17.7 Å². The minimum Gasteiger partial charge on any atom is -0.467 e. The topological polar surface area (TPSA) is 115 Å². The van der Waals surface area contributed by atoms with E-state index in [1.165, 1.54) is 7.11 Å². The number of carbonyl (C=O) groups excluding carboxylic acids is 1. The highest BCUT2D eigenvalue weighted by molar-refractivity contribution is 5.88. The molecule has 2 N–H and O–H groups in total. The number of ether oxygens (including phenoxy) is 1. The third-order valence-electron chi connectivity index (χ3n) is 3.18. The van der Waals surface area contributed by atoms with Gasteiger partial charge in [0, 0.05) is 42.1 Å². The minimum atomic E-state index is -0.388. The number of amides is 2. The van der Waals surface area contributed by atoms with E-state index >= 15 is 0 Å². The van der Waals surface area contributed by atoms with Gasteiger partial charge in [0.2, 0.25) is 0 Å². The standard InChI is InChI=1S/C16H15N7O2/c1-25-16-21-8-12(9-22-16)11-3-4-13(19-7-11)23-15(24)20-10-14-17-5-2-6-18-14/h2-9H,10H2,1H3,(H2,19,20,23,24). The van der Waals surface area contributed by atoms with E-state index in [1.807, 2.05) is 6.07 Å². The maximum Gasteiger partial charge on any atom is 0.320 e. The van der Waals surface area contributed by atoms with Gasteiger partial charge in [-0.2, -0.15) is 0 Å². The van der Waals surface area contributed by atoms with Crippen molar-refractivity contribution < 1.29 is 9.53 Å². The molecule has 0 bridgehead atoms. The number of hydrogen-bond donors (Lipinski definition) is 2. The maximum atomic E-state index is 11.9. The van der Waals surface area contributed by atoms with Crippen LogP contribution in [-0.2, 0) is 6.54 Å². The SMILES string of the molecule is COc1ncc(-c2ccc(NC(=O)NCc3ncccn3)nc2)cn1. The number of nitrogens with zero attached hydrogens (tertiary/aromatic N) is 5. The lowest BCUT2D eigenvalue weighted by molar-refractivity contribution is 0.251. The Kier molecular flexibility index (Phi) is 5.05. The van der Waals surface area contributed by atoms with Gasteiger partial charge in [0.05, 0.1) is 13.7 Å². The number of methoxy groups -OCH3 is 1. The summed E-state index contributed by atoms with van der Waals surface area (Å²) in [5.41, 5.74) is 1.62. The third kappa shape index (κ3) is 4.44. The number of carbonyl (C=O) groups is 1.